The summed E-state index contributed by atoms with van der Waals surface area (Å²) >= 11 is 0. The zero-order valence-corrected chi connectivity index (χ0v) is 11.3. The maximum Gasteiger partial charge on any atom is 0.374 e. The van der Waals surface area contributed by atoms with Crippen LogP contribution in [-0.4, -0.2) is 55.6 Å². The Bertz CT molecular complexity index is 431. The standard InChI is InChI=1S/C12H18N2O6/c1-18-6-7-19-5-3-2-4-13-11(15)9-8-10(12(16)17)20-14-9/h8H,2-7H2,1H3,(H,13,15)(H,16,17). The molecule has 0 saturated heterocycles. The first-order chi connectivity index (χ1) is 9.65. The number of nitrogens with zero attached hydrogens (tertiary/aromatic N) is 1. The minimum atomic E-state index is -1.26. The third kappa shape index (κ3) is 5.81. The van der Waals surface area contributed by atoms with Crippen LogP contribution in [0.5, 0.6) is 0 Å². The van der Waals surface area contributed by atoms with Crippen LogP contribution in [0.1, 0.15) is 33.9 Å². The van der Waals surface area contributed by atoms with Gasteiger partial charge in [-0.05, 0) is 12.8 Å². The van der Waals surface area contributed by atoms with Crippen LogP contribution in [0, 0.1) is 0 Å². The summed E-state index contributed by atoms with van der Waals surface area (Å²) in [7, 11) is 1.61. The van der Waals surface area contributed by atoms with E-state index in [-0.39, 0.29) is 11.5 Å². The molecular weight excluding hydrogens is 268 g/mol. The number of amides is 1. The Kier molecular flexibility index (Phi) is 7.30. The van der Waals surface area contributed by atoms with Crippen LogP contribution in [0.2, 0.25) is 0 Å². The molecule has 0 saturated carbocycles. The van der Waals surface area contributed by atoms with E-state index in [1.807, 2.05) is 0 Å². The lowest BCUT2D eigenvalue weighted by atomic mass is 10.3. The summed E-state index contributed by atoms with van der Waals surface area (Å²) in [5.74, 6) is -2.08. The normalized spacial score (nSPS) is 10.4. The maximum absolute atomic E-state index is 11.6. The van der Waals surface area contributed by atoms with Crippen molar-refractivity contribution in [2.75, 3.05) is 33.5 Å². The second-order valence-corrected chi connectivity index (χ2v) is 3.95. The molecule has 1 heterocycles. The number of carbonyl (C=O) groups excluding carboxylic acids is 1. The number of ether oxygens (including phenoxy) is 2. The van der Waals surface area contributed by atoms with Crippen LogP contribution in [-0.2, 0) is 9.47 Å². The number of methoxy groups -OCH3 is 1. The molecule has 0 unspecified atom stereocenters. The van der Waals surface area contributed by atoms with Gasteiger partial charge in [-0.25, -0.2) is 4.79 Å². The molecule has 0 aliphatic heterocycles. The second-order valence-electron chi connectivity index (χ2n) is 3.95. The van der Waals surface area contributed by atoms with Crippen LogP contribution in [0.4, 0.5) is 0 Å². The summed E-state index contributed by atoms with van der Waals surface area (Å²) in [6, 6.07) is 1.09. The first-order valence-electron chi connectivity index (χ1n) is 6.20. The molecule has 112 valence electrons. The molecule has 0 spiro atoms. The first-order valence-corrected chi connectivity index (χ1v) is 6.20. The molecule has 0 fully saturated rings. The van der Waals surface area contributed by atoms with Crippen molar-refractivity contribution < 1.29 is 28.7 Å². The number of nitrogens with one attached hydrogen (secondary N) is 1. The Morgan fingerprint density at radius 2 is 2.15 bits per heavy atom. The molecule has 0 bridgehead atoms. The van der Waals surface area contributed by atoms with Gasteiger partial charge in [-0.1, -0.05) is 5.16 Å². The van der Waals surface area contributed by atoms with Crippen LogP contribution >= 0.6 is 0 Å². The Morgan fingerprint density at radius 3 is 2.80 bits per heavy atom. The van der Waals surface area contributed by atoms with Gasteiger partial charge in [0.2, 0.25) is 5.76 Å². The van der Waals surface area contributed by atoms with Gasteiger partial charge in [0.25, 0.3) is 5.91 Å². The van der Waals surface area contributed by atoms with Crippen molar-refractivity contribution in [2.24, 2.45) is 0 Å². The lowest BCUT2D eigenvalue weighted by Crippen LogP contribution is -2.25. The zero-order valence-electron chi connectivity index (χ0n) is 11.3. The maximum atomic E-state index is 11.6. The van der Waals surface area contributed by atoms with Crippen LogP contribution in [0.25, 0.3) is 0 Å². The average Bonchev–Trinajstić information content (AvgIpc) is 2.91. The number of aromatic nitrogens is 1. The molecule has 1 amide bonds. The smallest absolute Gasteiger partial charge is 0.374 e. The summed E-state index contributed by atoms with van der Waals surface area (Å²) in [5, 5.41) is 14.6. The van der Waals surface area contributed by atoms with Gasteiger partial charge in [0.1, 0.15) is 0 Å². The topological polar surface area (TPSA) is 111 Å². The van der Waals surface area contributed by atoms with Crippen molar-refractivity contribution in [1.29, 1.82) is 0 Å². The Balaban J connectivity index is 2.12. The second kappa shape index (κ2) is 9.05. The van der Waals surface area contributed by atoms with Gasteiger partial charge >= 0.3 is 5.97 Å². The monoisotopic (exact) mass is 286 g/mol. The third-order valence-corrected chi connectivity index (χ3v) is 2.39. The Labute approximate surface area is 116 Å². The summed E-state index contributed by atoms with van der Waals surface area (Å²) in [4.78, 5) is 22.1. The highest BCUT2D eigenvalue weighted by Crippen LogP contribution is 2.03. The van der Waals surface area contributed by atoms with Gasteiger partial charge in [-0.15, -0.1) is 0 Å². The third-order valence-electron chi connectivity index (χ3n) is 2.39. The minimum absolute atomic E-state index is 0.0428. The molecule has 1 aromatic rings. The van der Waals surface area contributed by atoms with Crippen molar-refractivity contribution in [2.45, 2.75) is 12.8 Å². The summed E-state index contributed by atoms with van der Waals surface area (Å²) in [5.41, 5.74) is -0.0428. The highest BCUT2D eigenvalue weighted by Gasteiger charge is 2.15. The van der Waals surface area contributed by atoms with Gasteiger partial charge in [0.15, 0.2) is 5.69 Å². The molecule has 2 N–H and O–H groups in total. The molecule has 20 heavy (non-hydrogen) atoms. The van der Waals surface area contributed by atoms with Crippen molar-refractivity contribution in [3.05, 3.63) is 17.5 Å². The lowest BCUT2D eigenvalue weighted by Gasteiger charge is -2.04. The van der Waals surface area contributed by atoms with E-state index in [2.05, 4.69) is 15.0 Å². The Hall–Kier alpha value is -1.93. The summed E-state index contributed by atoms with van der Waals surface area (Å²) < 4.78 is 14.6. The highest BCUT2D eigenvalue weighted by molar-refractivity contribution is 5.94. The van der Waals surface area contributed by atoms with Crippen LogP contribution in [0.15, 0.2) is 10.6 Å². The number of hydrogen-bond donors (Lipinski definition) is 2. The van der Waals surface area contributed by atoms with E-state index in [0.717, 1.165) is 18.9 Å². The number of carboxylic acids is 1. The number of hydrogen-bond acceptors (Lipinski definition) is 6. The van der Waals surface area contributed by atoms with E-state index in [4.69, 9.17) is 14.6 Å². The van der Waals surface area contributed by atoms with Crippen molar-refractivity contribution in [3.8, 4) is 0 Å². The predicted molar refractivity (Wildman–Crippen MR) is 67.7 cm³/mol. The number of carboxylic acid groups (broad SMARTS) is 1. The van der Waals surface area contributed by atoms with E-state index >= 15 is 0 Å². The van der Waals surface area contributed by atoms with E-state index in [1.165, 1.54) is 0 Å². The molecule has 8 heteroatoms. The van der Waals surface area contributed by atoms with E-state index in [1.54, 1.807) is 7.11 Å². The molecule has 0 aromatic carbocycles. The van der Waals surface area contributed by atoms with Gasteiger partial charge in [0.05, 0.1) is 13.2 Å². The molecule has 1 aromatic heterocycles. The highest BCUT2D eigenvalue weighted by atomic mass is 16.5. The Morgan fingerprint density at radius 1 is 1.35 bits per heavy atom. The lowest BCUT2D eigenvalue weighted by molar-refractivity contribution is 0.0651. The zero-order chi connectivity index (χ0) is 14.8. The fourth-order valence-corrected chi connectivity index (χ4v) is 1.35. The number of rotatable bonds is 10. The summed E-state index contributed by atoms with van der Waals surface area (Å²) in [6.45, 7) is 2.18. The van der Waals surface area contributed by atoms with E-state index in [0.29, 0.717) is 26.4 Å². The van der Waals surface area contributed by atoms with Gasteiger partial charge in [-0.2, -0.15) is 0 Å². The average molecular weight is 286 g/mol. The van der Waals surface area contributed by atoms with Gasteiger partial charge in [0, 0.05) is 26.3 Å². The van der Waals surface area contributed by atoms with Crippen molar-refractivity contribution >= 4 is 11.9 Å². The van der Waals surface area contributed by atoms with E-state index in [9.17, 15) is 9.59 Å². The summed E-state index contributed by atoms with van der Waals surface area (Å²) in [6.07, 6.45) is 1.56. The predicted octanol–water partition coefficient (Wildman–Crippen LogP) is 0.546. The first kappa shape index (κ1) is 16.1. The quantitative estimate of drug-likeness (QED) is 0.604. The fourth-order valence-electron chi connectivity index (χ4n) is 1.35. The number of unbranched alkanes of at least 4 members (excludes halogenated alkanes) is 1. The molecular formula is C12H18N2O6. The molecule has 0 aliphatic rings. The minimum Gasteiger partial charge on any atom is -0.475 e. The number of carbonyl (C=O) groups is 2. The SMILES string of the molecule is COCCOCCCCNC(=O)c1cc(C(=O)O)on1. The van der Waals surface area contributed by atoms with Gasteiger partial charge < -0.3 is 24.4 Å². The molecule has 1 rings (SSSR count). The van der Waals surface area contributed by atoms with Crippen molar-refractivity contribution in [1.82, 2.24) is 10.5 Å². The molecule has 0 aliphatic carbocycles. The van der Waals surface area contributed by atoms with Crippen LogP contribution in [0.3, 0.4) is 0 Å². The largest absolute Gasteiger partial charge is 0.475 e. The van der Waals surface area contributed by atoms with Crippen molar-refractivity contribution in [3.63, 3.8) is 0 Å². The molecule has 0 atom stereocenters. The fraction of sp³-hybridized carbons (Fsp3) is 0.583. The van der Waals surface area contributed by atoms with Gasteiger partial charge in [-0.3, -0.25) is 4.79 Å². The molecule has 0 radical (unpaired) electrons. The number of aromatic carboxylic acids is 1. The van der Waals surface area contributed by atoms with E-state index < -0.39 is 11.9 Å². The van der Waals surface area contributed by atoms with Crippen LogP contribution < -0.4 is 5.32 Å². The molecule has 8 nitrogen and oxygen atoms in total.